The summed E-state index contributed by atoms with van der Waals surface area (Å²) in [7, 11) is 1.73. The number of rotatable bonds is 8. The molecule has 3 nitrogen and oxygen atoms in total. The first-order valence-electron chi connectivity index (χ1n) is 6.66. The van der Waals surface area contributed by atoms with Crippen LogP contribution in [0.1, 0.15) is 32.3 Å². The molecule has 1 aromatic carbocycles. The van der Waals surface area contributed by atoms with E-state index in [1.165, 1.54) is 5.56 Å². The number of methoxy groups -OCH3 is 1. The van der Waals surface area contributed by atoms with E-state index in [4.69, 9.17) is 9.47 Å². The van der Waals surface area contributed by atoms with Crippen molar-refractivity contribution in [3.05, 3.63) is 23.8 Å². The first kappa shape index (κ1) is 14.8. The second kappa shape index (κ2) is 7.98. The molecule has 0 aliphatic rings. The maximum atomic E-state index is 5.78. The predicted molar refractivity (Wildman–Crippen MR) is 76.5 cm³/mol. The Bertz CT molecular complexity index is 352. The van der Waals surface area contributed by atoms with Crippen LogP contribution in [0.15, 0.2) is 18.2 Å². The van der Waals surface area contributed by atoms with Crippen molar-refractivity contribution >= 4 is 5.69 Å². The fourth-order valence-electron chi connectivity index (χ4n) is 1.71. The topological polar surface area (TPSA) is 30.5 Å². The van der Waals surface area contributed by atoms with Crippen molar-refractivity contribution in [3.63, 3.8) is 0 Å². The van der Waals surface area contributed by atoms with E-state index >= 15 is 0 Å². The van der Waals surface area contributed by atoms with Crippen LogP contribution in [-0.4, -0.2) is 26.4 Å². The molecule has 0 aromatic heterocycles. The summed E-state index contributed by atoms with van der Waals surface area (Å²) in [4.78, 5) is 0. The maximum Gasteiger partial charge on any atom is 0.142 e. The smallest absolute Gasteiger partial charge is 0.142 e. The summed E-state index contributed by atoms with van der Waals surface area (Å²) in [6, 6.07) is 6.64. The molecule has 102 valence electrons. The van der Waals surface area contributed by atoms with Crippen molar-refractivity contribution in [1.29, 1.82) is 0 Å². The highest BCUT2D eigenvalue weighted by atomic mass is 16.5. The van der Waals surface area contributed by atoms with Gasteiger partial charge in [-0.25, -0.2) is 0 Å². The van der Waals surface area contributed by atoms with Crippen molar-refractivity contribution < 1.29 is 9.47 Å². The summed E-state index contributed by atoms with van der Waals surface area (Å²) in [5.74, 6) is 0.945. The standard InChI is InChI=1S/C15H25NO2/c1-5-9-18-15-11-12(2)6-7-14(15)16-13(3)8-10-17-4/h6-7,11,13,16H,5,8-10H2,1-4H3. The second-order valence-corrected chi connectivity index (χ2v) is 4.67. The molecular weight excluding hydrogens is 226 g/mol. The lowest BCUT2D eigenvalue weighted by molar-refractivity contribution is 0.191. The van der Waals surface area contributed by atoms with Crippen molar-refractivity contribution in [2.24, 2.45) is 0 Å². The van der Waals surface area contributed by atoms with E-state index in [9.17, 15) is 0 Å². The lowest BCUT2D eigenvalue weighted by Gasteiger charge is -2.18. The van der Waals surface area contributed by atoms with Gasteiger partial charge in [-0.3, -0.25) is 0 Å². The van der Waals surface area contributed by atoms with Crippen LogP contribution >= 0.6 is 0 Å². The fourth-order valence-corrected chi connectivity index (χ4v) is 1.71. The normalized spacial score (nSPS) is 12.2. The van der Waals surface area contributed by atoms with Crippen LogP contribution in [0.4, 0.5) is 5.69 Å². The van der Waals surface area contributed by atoms with Gasteiger partial charge in [-0.15, -0.1) is 0 Å². The van der Waals surface area contributed by atoms with E-state index < -0.39 is 0 Å². The zero-order valence-electron chi connectivity index (χ0n) is 12.0. The van der Waals surface area contributed by atoms with Gasteiger partial charge in [0.2, 0.25) is 0 Å². The Balaban J connectivity index is 2.67. The number of nitrogens with one attached hydrogen (secondary N) is 1. The Hall–Kier alpha value is -1.22. The van der Waals surface area contributed by atoms with E-state index in [0.29, 0.717) is 6.04 Å². The van der Waals surface area contributed by atoms with Crippen molar-refractivity contribution in [3.8, 4) is 5.75 Å². The van der Waals surface area contributed by atoms with E-state index in [1.807, 2.05) is 0 Å². The molecule has 18 heavy (non-hydrogen) atoms. The molecule has 1 N–H and O–H groups in total. The number of aryl methyl sites for hydroxylation is 1. The number of hydrogen-bond acceptors (Lipinski definition) is 3. The van der Waals surface area contributed by atoms with Crippen LogP contribution in [0.5, 0.6) is 5.75 Å². The third kappa shape index (κ3) is 4.96. The van der Waals surface area contributed by atoms with Gasteiger partial charge in [0.05, 0.1) is 12.3 Å². The Morgan fingerprint density at radius 3 is 2.72 bits per heavy atom. The lowest BCUT2D eigenvalue weighted by atomic mass is 10.1. The van der Waals surface area contributed by atoms with Crippen molar-refractivity contribution in [1.82, 2.24) is 0 Å². The molecule has 3 heteroatoms. The van der Waals surface area contributed by atoms with Gasteiger partial charge >= 0.3 is 0 Å². The molecule has 0 heterocycles. The third-order valence-corrected chi connectivity index (χ3v) is 2.76. The molecule has 1 rings (SSSR count). The van der Waals surface area contributed by atoms with E-state index in [-0.39, 0.29) is 0 Å². The van der Waals surface area contributed by atoms with Gasteiger partial charge in [0.25, 0.3) is 0 Å². The summed E-state index contributed by atoms with van der Waals surface area (Å²) in [6.45, 7) is 7.87. The molecule has 0 fully saturated rings. The molecular formula is C15H25NO2. The van der Waals surface area contributed by atoms with Gasteiger partial charge in [0, 0.05) is 19.8 Å². The molecule has 1 atom stereocenters. The van der Waals surface area contributed by atoms with Gasteiger partial charge in [-0.1, -0.05) is 13.0 Å². The third-order valence-electron chi connectivity index (χ3n) is 2.76. The summed E-state index contributed by atoms with van der Waals surface area (Å²) in [5.41, 5.74) is 2.29. The summed E-state index contributed by atoms with van der Waals surface area (Å²) in [6.07, 6.45) is 2.00. The highest BCUT2D eigenvalue weighted by molar-refractivity contribution is 5.58. The minimum absolute atomic E-state index is 0.372. The fraction of sp³-hybridized carbons (Fsp3) is 0.600. The number of anilines is 1. The van der Waals surface area contributed by atoms with Crippen LogP contribution in [0, 0.1) is 6.92 Å². The number of ether oxygens (including phenoxy) is 2. The van der Waals surface area contributed by atoms with Crippen LogP contribution < -0.4 is 10.1 Å². The monoisotopic (exact) mass is 251 g/mol. The number of hydrogen-bond donors (Lipinski definition) is 1. The summed E-state index contributed by atoms with van der Waals surface area (Å²) < 4.78 is 10.9. The Kier molecular flexibility index (Phi) is 6.58. The number of benzene rings is 1. The lowest BCUT2D eigenvalue weighted by Crippen LogP contribution is -2.17. The Labute approximate surface area is 110 Å². The van der Waals surface area contributed by atoms with Gasteiger partial charge in [-0.2, -0.15) is 0 Å². The second-order valence-electron chi connectivity index (χ2n) is 4.67. The van der Waals surface area contributed by atoms with Crippen molar-refractivity contribution in [2.75, 3.05) is 25.6 Å². The molecule has 0 saturated heterocycles. The minimum atomic E-state index is 0.372. The van der Waals surface area contributed by atoms with Gasteiger partial charge in [-0.05, 0) is 44.4 Å². The Morgan fingerprint density at radius 2 is 2.06 bits per heavy atom. The molecule has 0 radical (unpaired) electrons. The van der Waals surface area contributed by atoms with Crippen LogP contribution in [0.2, 0.25) is 0 Å². The van der Waals surface area contributed by atoms with Gasteiger partial charge in [0.15, 0.2) is 0 Å². The zero-order chi connectivity index (χ0) is 13.4. The summed E-state index contributed by atoms with van der Waals surface area (Å²) >= 11 is 0. The van der Waals surface area contributed by atoms with Crippen LogP contribution in [-0.2, 0) is 4.74 Å². The molecule has 0 spiro atoms. The van der Waals surface area contributed by atoms with E-state index in [2.05, 4.69) is 44.3 Å². The average Bonchev–Trinajstić information content (AvgIpc) is 2.36. The largest absolute Gasteiger partial charge is 0.491 e. The van der Waals surface area contributed by atoms with E-state index in [0.717, 1.165) is 37.5 Å². The molecule has 0 bridgehead atoms. The molecule has 1 aromatic rings. The van der Waals surface area contributed by atoms with Gasteiger partial charge in [0.1, 0.15) is 5.75 Å². The van der Waals surface area contributed by atoms with Crippen LogP contribution in [0.3, 0.4) is 0 Å². The average molecular weight is 251 g/mol. The molecule has 0 saturated carbocycles. The zero-order valence-corrected chi connectivity index (χ0v) is 12.0. The van der Waals surface area contributed by atoms with E-state index in [1.54, 1.807) is 7.11 Å². The van der Waals surface area contributed by atoms with Gasteiger partial charge < -0.3 is 14.8 Å². The molecule has 0 amide bonds. The van der Waals surface area contributed by atoms with Crippen LogP contribution in [0.25, 0.3) is 0 Å². The highest BCUT2D eigenvalue weighted by Crippen LogP contribution is 2.26. The maximum absolute atomic E-state index is 5.78. The molecule has 1 unspecified atom stereocenters. The Morgan fingerprint density at radius 1 is 1.28 bits per heavy atom. The molecule has 0 aliphatic carbocycles. The minimum Gasteiger partial charge on any atom is -0.491 e. The SMILES string of the molecule is CCCOc1cc(C)ccc1NC(C)CCOC. The predicted octanol–water partition coefficient (Wildman–Crippen LogP) is 3.62. The highest BCUT2D eigenvalue weighted by Gasteiger charge is 2.07. The first-order chi connectivity index (χ1) is 8.67. The van der Waals surface area contributed by atoms with Crippen molar-refractivity contribution in [2.45, 2.75) is 39.7 Å². The molecule has 0 aliphatic heterocycles. The summed E-state index contributed by atoms with van der Waals surface area (Å²) in [5, 5.41) is 3.48. The quantitative estimate of drug-likeness (QED) is 0.765. The first-order valence-corrected chi connectivity index (χ1v) is 6.66.